The molecule has 0 aromatic heterocycles. The summed E-state index contributed by atoms with van der Waals surface area (Å²) in [5.41, 5.74) is 2.51. The summed E-state index contributed by atoms with van der Waals surface area (Å²) in [4.78, 5) is 0. The van der Waals surface area contributed by atoms with E-state index in [1.54, 1.807) is 5.57 Å². The van der Waals surface area contributed by atoms with E-state index in [4.69, 9.17) is 0 Å². The first-order valence-corrected chi connectivity index (χ1v) is 12.8. The summed E-state index contributed by atoms with van der Waals surface area (Å²) in [6, 6.07) is 0. The second kappa shape index (κ2) is 8.30. The fourth-order valence-electron chi connectivity index (χ4n) is 8.70. The van der Waals surface area contributed by atoms with Crippen LogP contribution in [-0.2, 0) is 0 Å². The molecular formula is C27H46O2. The van der Waals surface area contributed by atoms with Crippen LogP contribution in [0.15, 0.2) is 11.6 Å². The maximum absolute atomic E-state index is 10.2. The maximum atomic E-state index is 10.2. The Balaban J connectivity index is 1.46. The third-order valence-electron chi connectivity index (χ3n) is 10.5. The smallest absolute Gasteiger partial charge is 0.0577 e. The maximum Gasteiger partial charge on any atom is 0.0577 e. The molecule has 3 fully saturated rings. The van der Waals surface area contributed by atoms with Crippen LogP contribution >= 0.6 is 0 Å². The van der Waals surface area contributed by atoms with Crippen LogP contribution in [0.2, 0.25) is 0 Å². The van der Waals surface area contributed by atoms with Gasteiger partial charge < -0.3 is 10.2 Å². The van der Waals surface area contributed by atoms with Gasteiger partial charge in [0.15, 0.2) is 0 Å². The Morgan fingerprint density at radius 2 is 1.83 bits per heavy atom. The normalized spacial score (nSPS) is 46.3. The van der Waals surface area contributed by atoms with Crippen molar-refractivity contribution in [1.29, 1.82) is 0 Å². The first-order valence-electron chi connectivity index (χ1n) is 12.8. The molecule has 4 rings (SSSR count). The average Bonchev–Trinajstić information content (AvgIpc) is 3.05. The number of fused-ring (bicyclic) bond motifs is 5. The fraction of sp³-hybridized carbons (Fsp3) is 0.926. The minimum atomic E-state index is -0.0926. The monoisotopic (exact) mass is 402 g/mol. The number of rotatable bonds is 6. The lowest BCUT2D eigenvalue weighted by atomic mass is 9.47. The van der Waals surface area contributed by atoms with Gasteiger partial charge >= 0.3 is 0 Å². The second-order valence-corrected chi connectivity index (χ2v) is 12.1. The Hall–Kier alpha value is -0.340. The largest absolute Gasteiger partial charge is 0.396 e. The molecule has 0 spiro atoms. The highest BCUT2D eigenvalue weighted by atomic mass is 16.3. The quantitative estimate of drug-likeness (QED) is 0.507. The summed E-state index contributed by atoms with van der Waals surface area (Å²) in [6.45, 7) is 10.2. The standard InChI is InChI=1S/C27H46O2/c1-18(17-28)6-5-7-19(2)23-10-11-24-22-9-8-20-16-21(29)12-14-26(20,3)25(22)13-15-27(23,24)4/h8,18-19,21-25,28-29H,5-7,9-17H2,1-4H3/t18?,19-,21+,22?,23-,24?,25?,26?,27-/m1/s1. The molecule has 0 saturated heterocycles. The van der Waals surface area contributed by atoms with E-state index < -0.39 is 0 Å². The Morgan fingerprint density at radius 1 is 1.03 bits per heavy atom. The predicted octanol–water partition coefficient (Wildman–Crippen LogP) is 6.36. The number of hydrogen-bond donors (Lipinski definition) is 2. The molecule has 9 atom stereocenters. The van der Waals surface area contributed by atoms with Crippen molar-refractivity contribution in [2.75, 3.05) is 6.61 Å². The van der Waals surface area contributed by atoms with Crippen LogP contribution < -0.4 is 0 Å². The summed E-state index contributed by atoms with van der Waals surface area (Å²) in [5, 5.41) is 19.5. The zero-order valence-electron chi connectivity index (χ0n) is 19.5. The van der Waals surface area contributed by atoms with Crippen LogP contribution in [-0.4, -0.2) is 22.9 Å². The van der Waals surface area contributed by atoms with Crippen molar-refractivity contribution in [3.05, 3.63) is 11.6 Å². The molecule has 0 aromatic rings. The van der Waals surface area contributed by atoms with Crippen LogP contribution in [0.5, 0.6) is 0 Å². The van der Waals surface area contributed by atoms with E-state index in [1.165, 1.54) is 57.8 Å². The van der Waals surface area contributed by atoms with Crippen LogP contribution in [0.4, 0.5) is 0 Å². The molecule has 3 saturated carbocycles. The van der Waals surface area contributed by atoms with Gasteiger partial charge in [0.2, 0.25) is 0 Å². The topological polar surface area (TPSA) is 40.5 Å². The van der Waals surface area contributed by atoms with E-state index >= 15 is 0 Å². The van der Waals surface area contributed by atoms with Gasteiger partial charge in [0, 0.05) is 6.61 Å². The van der Waals surface area contributed by atoms with Gasteiger partial charge in [0.05, 0.1) is 6.10 Å². The average molecular weight is 403 g/mol. The zero-order valence-corrected chi connectivity index (χ0v) is 19.5. The third kappa shape index (κ3) is 3.75. The highest BCUT2D eigenvalue weighted by molar-refractivity contribution is 5.25. The molecule has 0 heterocycles. The van der Waals surface area contributed by atoms with Gasteiger partial charge in [-0.1, -0.05) is 52.2 Å². The molecule has 0 amide bonds. The summed E-state index contributed by atoms with van der Waals surface area (Å²) in [5.74, 6) is 4.82. The molecule has 5 unspecified atom stereocenters. The summed E-state index contributed by atoms with van der Waals surface area (Å²) >= 11 is 0. The van der Waals surface area contributed by atoms with Crippen LogP contribution in [0, 0.1) is 46.3 Å². The van der Waals surface area contributed by atoms with Gasteiger partial charge in [-0.2, -0.15) is 0 Å². The molecule has 29 heavy (non-hydrogen) atoms. The van der Waals surface area contributed by atoms with Gasteiger partial charge in [-0.3, -0.25) is 0 Å². The van der Waals surface area contributed by atoms with E-state index in [0.717, 1.165) is 42.4 Å². The molecule has 166 valence electrons. The molecule has 4 aliphatic rings. The summed E-state index contributed by atoms with van der Waals surface area (Å²) in [7, 11) is 0. The number of allylic oxidation sites excluding steroid dienone is 1. The van der Waals surface area contributed by atoms with Crippen LogP contribution in [0.3, 0.4) is 0 Å². The number of aliphatic hydroxyl groups excluding tert-OH is 2. The van der Waals surface area contributed by atoms with Crippen molar-refractivity contribution in [1.82, 2.24) is 0 Å². The van der Waals surface area contributed by atoms with Crippen LogP contribution in [0.1, 0.15) is 98.3 Å². The minimum absolute atomic E-state index is 0.0926. The Bertz CT molecular complexity index is 612. The molecular weight excluding hydrogens is 356 g/mol. The Labute approximate surface area is 179 Å². The van der Waals surface area contributed by atoms with E-state index in [1.807, 2.05) is 0 Å². The van der Waals surface area contributed by atoms with Gasteiger partial charge in [-0.25, -0.2) is 0 Å². The van der Waals surface area contributed by atoms with Gasteiger partial charge in [0.1, 0.15) is 0 Å². The van der Waals surface area contributed by atoms with Crippen molar-refractivity contribution in [3.63, 3.8) is 0 Å². The lowest BCUT2D eigenvalue weighted by Gasteiger charge is -2.58. The molecule has 0 bridgehead atoms. The van der Waals surface area contributed by atoms with Crippen molar-refractivity contribution in [3.8, 4) is 0 Å². The Morgan fingerprint density at radius 3 is 2.59 bits per heavy atom. The SMILES string of the molecule is CC(CO)CCC[C@@H](C)[C@H]1CCC2C3CC=C4C[C@@H](O)CCC4(C)C3CC[C@@]21C. The molecule has 2 N–H and O–H groups in total. The molecule has 2 nitrogen and oxygen atoms in total. The van der Waals surface area contributed by atoms with Crippen molar-refractivity contribution >= 4 is 0 Å². The third-order valence-corrected chi connectivity index (χ3v) is 10.5. The number of aliphatic hydroxyl groups is 2. The Kier molecular flexibility index (Phi) is 6.26. The van der Waals surface area contributed by atoms with Crippen molar-refractivity contribution in [2.24, 2.45) is 46.3 Å². The van der Waals surface area contributed by atoms with Crippen molar-refractivity contribution in [2.45, 2.75) is 104 Å². The van der Waals surface area contributed by atoms with E-state index in [9.17, 15) is 10.2 Å². The first kappa shape index (κ1) is 21.9. The molecule has 0 aromatic carbocycles. The lowest BCUT2D eigenvalue weighted by Crippen LogP contribution is -2.50. The van der Waals surface area contributed by atoms with Crippen molar-refractivity contribution < 1.29 is 10.2 Å². The van der Waals surface area contributed by atoms with Crippen LogP contribution in [0.25, 0.3) is 0 Å². The minimum Gasteiger partial charge on any atom is -0.396 e. The molecule has 4 aliphatic carbocycles. The highest BCUT2D eigenvalue weighted by Gasteiger charge is 2.59. The summed E-state index contributed by atoms with van der Waals surface area (Å²) in [6.07, 6.45) is 16.4. The zero-order chi connectivity index (χ0) is 20.8. The summed E-state index contributed by atoms with van der Waals surface area (Å²) < 4.78 is 0. The highest BCUT2D eigenvalue weighted by Crippen LogP contribution is 2.67. The van der Waals surface area contributed by atoms with E-state index in [2.05, 4.69) is 33.8 Å². The second-order valence-electron chi connectivity index (χ2n) is 12.1. The molecule has 2 heteroatoms. The number of hydrogen-bond acceptors (Lipinski definition) is 2. The molecule has 0 radical (unpaired) electrons. The fourth-order valence-corrected chi connectivity index (χ4v) is 8.70. The first-order chi connectivity index (χ1) is 13.8. The van der Waals surface area contributed by atoms with Gasteiger partial charge in [-0.15, -0.1) is 0 Å². The van der Waals surface area contributed by atoms with E-state index in [-0.39, 0.29) is 6.10 Å². The van der Waals surface area contributed by atoms with E-state index in [0.29, 0.717) is 23.4 Å². The lowest BCUT2D eigenvalue weighted by molar-refractivity contribution is -0.0573. The van der Waals surface area contributed by atoms with Gasteiger partial charge in [-0.05, 0) is 104 Å². The predicted molar refractivity (Wildman–Crippen MR) is 120 cm³/mol. The van der Waals surface area contributed by atoms with Gasteiger partial charge in [0.25, 0.3) is 0 Å². The molecule has 0 aliphatic heterocycles.